The summed E-state index contributed by atoms with van der Waals surface area (Å²) in [6.07, 6.45) is 1.82. The van der Waals surface area contributed by atoms with Gasteiger partial charge in [-0.25, -0.2) is 22.4 Å². The van der Waals surface area contributed by atoms with E-state index in [-0.39, 0.29) is 29.6 Å². The number of nitrogens with zero attached hydrogens (tertiary/aromatic N) is 4. The van der Waals surface area contributed by atoms with Crippen LogP contribution in [0.25, 0.3) is 16.9 Å². The molecule has 0 saturated heterocycles. The molecule has 32 heavy (non-hydrogen) atoms. The van der Waals surface area contributed by atoms with E-state index in [1.807, 2.05) is 6.92 Å². The van der Waals surface area contributed by atoms with E-state index >= 15 is 0 Å². The highest BCUT2D eigenvalue weighted by Gasteiger charge is 2.34. The van der Waals surface area contributed by atoms with E-state index in [1.165, 1.54) is 8.99 Å². The van der Waals surface area contributed by atoms with Crippen molar-refractivity contribution in [3.8, 4) is 22.8 Å². The Kier molecular flexibility index (Phi) is 4.91. The first kappa shape index (κ1) is 20.5. The molecule has 0 fully saturated rings. The molecular formula is C23H19ClN4O3S. The monoisotopic (exact) mass is 466 g/mol. The summed E-state index contributed by atoms with van der Waals surface area (Å²) in [7, 11) is -3.85. The number of halogens is 1. The predicted molar refractivity (Wildman–Crippen MR) is 123 cm³/mol. The van der Waals surface area contributed by atoms with Crippen molar-refractivity contribution in [2.75, 3.05) is 10.8 Å². The number of hydrogen-bond acceptors (Lipinski definition) is 5. The van der Waals surface area contributed by atoms with Gasteiger partial charge >= 0.3 is 0 Å². The smallest absolute Gasteiger partial charge is 0.265 e. The van der Waals surface area contributed by atoms with Gasteiger partial charge in [0.2, 0.25) is 5.88 Å². The van der Waals surface area contributed by atoms with Crippen LogP contribution in [0.2, 0.25) is 5.02 Å². The van der Waals surface area contributed by atoms with E-state index in [4.69, 9.17) is 11.6 Å². The Morgan fingerprint density at radius 2 is 1.84 bits per heavy atom. The molecule has 0 bridgehead atoms. The maximum absolute atomic E-state index is 13.5. The first-order chi connectivity index (χ1) is 15.4. The molecule has 1 N–H and O–H groups in total. The Bertz CT molecular complexity index is 1430. The molecule has 0 aliphatic carbocycles. The SMILES string of the molecule is Cc1ccc(S(=O)(=O)N2CCc3c(nn(-c4cccc(Cl)c4)c3O)-c3cccnc32)cc1. The molecule has 0 unspecified atom stereocenters. The van der Waals surface area contributed by atoms with Crippen molar-refractivity contribution in [2.24, 2.45) is 0 Å². The van der Waals surface area contributed by atoms with E-state index in [9.17, 15) is 13.5 Å². The topological polar surface area (TPSA) is 88.3 Å². The minimum atomic E-state index is -3.85. The molecule has 3 heterocycles. The molecule has 1 aliphatic heterocycles. The highest BCUT2D eigenvalue weighted by Crippen LogP contribution is 2.40. The van der Waals surface area contributed by atoms with Crippen molar-refractivity contribution in [3.05, 3.63) is 83.0 Å². The van der Waals surface area contributed by atoms with Crippen LogP contribution in [0.3, 0.4) is 0 Å². The van der Waals surface area contributed by atoms with Gasteiger partial charge in [-0.05, 0) is 55.8 Å². The van der Waals surface area contributed by atoms with Gasteiger partial charge in [0.05, 0.1) is 10.6 Å². The average molecular weight is 467 g/mol. The zero-order valence-electron chi connectivity index (χ0n) is 17.1. The first-order valence-corrected chi connectivity index (χ1v) is 11.8. The van der Waals surface area contributed by atoms with Crippen LogP contribution in [0.5, 0.6) is 5.88 Å². The van der Waals surface area contributed by atoms with Gasteiger partial charge in [0.1, 0.15) is 5.69 Å². The molecule has 1 aliphatic rings. The molecule has 0 spiro atoms. The van der Waals surface area contributed by atoms with Crippen LogP contribution in [0.1, 0.15) is 11.1 Å². The number of sulfonamides is 1. The average Bonchev–Trinajstić information content (AvgIpc) is 3.00. The third-order valence-corrected chi connectivity index (χ3v) is 7.50. The van der Waals surface area contributed by atoms with Gasteiger partial charge in [0.25, 0.3) is 10.0 Å². The molecule has 4 aromatic rings. The fraction of sp³-hybridized carbons (Fsp3) is 0.130. The number of hydrogen-bond donors (Lipinski definition) is 1. The minimum Gasteiger partial charge on any atom is -0.493 e. The van der Waals surface area contributed by atoms with Gasteiger partial charge in [-0.1, -0.05) is 35.4 Å². The molecule has 2 aromatic heterocycles. The number of benzene rings is 2. The van der Waals surface area contributed by atoms with Crippen molar-refractivity contribution in [1.29, 1.82) is 0 Å². The second-order valence-electron chi connectivity index (χ2n) is 7.56. The van der Waals surface area contributed by atoms with Gasteiger partial charge in [0.15, 0.2) is 5.82 Å². The second-order valence-corrected chi connectivity index (χ2v) is 9.86. The molecular weight excluding hydrogens is 448 g/mol. The Morgan fingerprint density at radius 3 is 2.59 bits per heavy atom. The Hall–Kier alpha value is -3.36. The summed E-state index contributed by atoms with van der Waals surface area (Å²) in [6, 6.07) is 17.2. The highest BCUT2D eigenvalue weighted by molar-refractivity contribution is 7.92. The van der Waals surface area contributed by atoms with E-state index in [0.29, 0.717) is 27.5 Å². The summed E-state index contributed by atoms with van der Waals surface area (Å²) in [5, 5.41) is 16.1. The third-order valence-electron chi connectivity index (χ3n) is 5.46. The lowest BCUT2D eigenvalue weighted by atomic mass is 10.1. The van der Waals surface area contributed by atoms with Crippen molar-refractivity contribution >= 4 is 27.4 Å². The summed E-state index contributed by atoms with van der Waals surface area (Å²) in [4.78, 5) is 4.58. The Labute approximate surface area is 190 Å². The summed E-state index contributed by atoms with van der Waals surface area (Å²) >= 11 is 6.11. The second kappa shape index (κ2) is 7.65. The van der Waals surface area contributed by atoms with Gasteiger partial charge in [-0.3, -0.25) is 0 Å². The molecule has 0 atom stereocenters. The third kappa shape index (κ3) is 3.32. The maximum atomic E-state index is 13.5. The number of aromatic hydroxyl groups is 1. The van der Waals surface area contributed by atoms with Gasteiger partial charge < -0.3 is 5.11 Å². The van der Waals surface area contributed by atoms with E-state index in [2.05, 4.69) is 10.1 Å². The van der Waals surface area contributed by atoms with Crippen molar-refractivity contribution in [3.63, 3.8) is 0 Å². The van der Waals surface area contributed by atoms with Gasteiger partial charge in [-0.2, -0.15) is 5.10 Å². The van der Waals surface area contributed by atoms with Crippen LogP contribution in [0.4, 0.5) is 5.82 Å². The highest BCUT2D eigenvalue weighted by atomic mass is 35.5. The number of rotatable bonds is 3. The Morgan fingerprint density at radius 1 is 1.06 bits per heavy atom. The lowest BCUT2D eigenvalue weighted by Gasteiger charge is -2.23. The van der Waals surface area contributed by atoms with Crippen LogP contribution in [0, 0.1) is 6.92 Å². The molecule has 0 saturated carbocycles. The predicted octanol–water partition coefficient (Wildman–Crippen LogP) is 4.35. The summed E-state index contributed by atoms with van der Waals surface area (Å²) in [5.41, 5.74) is 3.16. The van der Waals surface area contributed by atoms with Crippen LogP contribution < -0.4 is 4.31 Å². The van der Waals surface area contributed by atoms with Crippen LogP contribution >= 0.6 is 11.6 Å². The van der Waals surface area contributed by atoms with Crippen molar-refractivity contribution in [1.82, 2.24) is 14.8 Å². The maximum Gasteiger partial charge on any atom is 0.265 e. The van der Waals surface area contributed by atoms with Crippen molar-refractivity contribution < 1.29 is 13.5 Å². The van der Waals surface area contributed by atoms with E-state index in [0.717, 1.165) is 5.56 Å². The largest absolute Gasteiger partial charge is 0.493 e. The minimum absolute atomic E-state index is 0.0494. The molecule has 162 valence electrons. The molecule has 0 amide bonds. The zero-order valence-corrected chi connectivity index (χ0v) is 18.7. The number of anilines is 1. The fourth-order valence-corrected chi connectivity index (χ4v) is 5.47. The number of pyridine rings is 1. The molecule has 0 radical (unpaired) electrons. The first-order valence-electron chi connectivity index (χ1n) is 9.98. The van der Waals surface area contributed by atoms with Gasteiger partial charge in [-0.15, -0.1) is 0 Å². The lowest BCUT2D eigenvalue weighted by molar-refractivity contribution is 0.428. The number of aromatic nitrogens is 3. The number of aryl methyl sites for hydroxylation is 1. The standard InChI is InChI=1S/C23H19ClN4O3S/c1-15-7-9-18(10-8-15)32(30,31)27-13-11-20-21(19-6-3-12-25-22(19)27)26-28(23(20)29)17-5-2-4-16(24)14-17/h2-10,12,14,29H,11,13H2,1H3. The quantitative estimate of drug-likeness (QED) is 0.485. The lowest BCUT2D eigenvalue weighted by Crippen LogP contribution is -2.33. The summed E-state index contributed by atoms with van der Waals surface area (Å²) < 4.78 is 29.7. The molecule has 9 heteroatoms. The van der Waals surface area contributed by atoms with Crippen LogP contribution in [-0.4, -0.2) is 34.8 Å². The summed E-state index contributed by atoms with van der Waals surface area (Å²) in [6.45, 7) is 2.02. The van der Waals surface area contributed by atoms with Crippen LogP contribution in [0.15, 0.2) is 71.8 Å². The van der Waals surface area contributed by atoms with E-state index in [1.54, 1.807) is 66.9 Å². The normalized spacial score (nSPS) is 13.4. The summed E-state index contributed by atoms with van der Waals surface area (Å²) in [5.74, 6) is 0.231. The molecule has 2 aromatic carbocycles. The van der Waals surface area contributed by atoms with E-state index < -0.39 is 10.0 Å². The Balaban J connectivity index is 1.66. The van der Waals surface area contributed by atoms with Crippen molar-refractivity contribution in [2.45, 2.75) is 18.2 Å². The zero-order chi connectivity index (χ0) is 22.5. The molecule has 5 rings (SSSR count). The van der Waals surface area contributed by atoms with Crippen LogP contribution in [-0.2, 0) is 16.4 Å². The van der Waals surface area contributed by atoms with Gasteiger partial charge in [0, 0.05) is 28.9 Å². The number of fused-ring (bicyclic) bond motifs is 3. The molecule has 7 nitrogen and oxygen atoms in total. The fourth-order valence-electron chi connectivity index (χ4n) is 3.85.